The first-order chi connectivity index (χ1) is 10.1. The molecule has 112 valence electrons. The summed E-state index contributed by atoms with van der Waals surface area (Å²) in [6, 6.07) is 8.83. The van der Waals surface area contributed by atoms with Crippen LogP contribution in [0.3, 0.4) is 0 Å². The predicted molar refractivity (Wildman–Crippen MR) is 83.4 cm³/mol. The first-order valence-corrected chi connectivity index (χ1v) is 6.67. The highest BCUT2D eigenvalue weighted by molar-refractivity contribution is 5.74. The molecule has 0 aliphatic heterocycles. The molecule has 21 heavy (non-hydrogen) atoms. The van der Waals surface area contributed by atoms with E-state index in [0.717, 1.165) is 5.56 Å². The van der Waals surface area contributed by atoms with Gasteiger partial charge in [-0.05, 0) is 24.6 Å². The van der Waals surface area contributed by atoms with Crippen LogP contribution in [0.25, 0.3) is 0 Å². The minimum atomic E-state index is -0.663. The maximum atomic E-state index is 11.5. The van der Waals surface area contributed by atoms with Crippen LogP contribution in [0, 0.1) is 0 Å². The van der Waals surface area contributed by atoms with Gasteiger partial charge < -0.3 is 15.2 Å². The number of ether oxygens (including phenoxy) is 2. The van der Waals surface area contributed by atoms with Crippen LogP contribution in [0.2, 0.25) is 0 Å². The van der Waals surface area contributed by atoms with Crippen molar-refractivity contribution >= 4 is 5.97 Å². The normalized spacial score (nSPS) is 13.9. The molecular formula is C17H21NO3. The van der Waals surface area contributed by atoms with E-state index in [1.165, 1.54) is 0 Å². The third-order valence-electron chi connectivity index (χ3n) is 2.68. The van der Waals surface area contributed by atoms with Crippen LogP contribution in [0.4, 0.5) is 0 Å². The zero-order valence-electron chi connectivity index (χ0n) is 12.2. The number of nitrogens with two attached hydrogens (primary N) is 1. The highest BCUT2D eigenvalue weighted by Gasteiger charge is 2.17. The van der Waals surface area contributed by atoms with Gasteiger partial charge in [0.25, 0.3) is 0 Å². The van der Waals surface area contributed by atoms with E-state index in [2.05, 4.69) is 13.2 Å². The number of hydrogen-bond acceptors (Lipinski definition) is 4. The van der Waals surface area contributed by atoms with Gasteiger partial charge in [-0.2, -0.15) is 0 Å². The zero-order valence-corrected chi connectivity index (χ0v) is 12.2. The Morgan fingerprint density at radius 3 is 2.52 bits per heavy atom. The molecule has 4 nitrogen and oxygen atoms in total. The molecule has 1 aromatic carbocycles. The topological polar surface area (TPSA) is 61.5 Å². The van der Waals surface area contributed by atoms with E-state index in [1.54, 1.807) is 25.2 Å². The van der Waals surface area contributed by atoms with Gasteiger partial charge in [-0.3, -0.25) is 4.79 Å². The standard InChI is InChI=1S/C17H21NO3/c1-4-9-15(5-2)21-16(12-20-17(19)13(3)18)14-10-7-6-8-11-14/h4-11,13,16H,1-2,12,18H2,3H3/b15-9+. The Bertz CT molecular complexity index is 506. The number of carbonyl (C=O) groups is 1. The summed E-state index contributed by atoms with van der Waals surface area (Å²) in [5.41, 5.74) is 6.37. The molecule has 0 aliphatic rings. The van der Waals surface area contributed by atoms with Crippen molar-refractivity contribution < 1.29 is 14.3 Å². The van der Waals surface area contributed by atoms with Gasteiger partial charge in [0, 0.05) is 0 Å². The molecule has 0 radical (unpaired) electrons. The van der Waals surface area contributed by atoms with E-state index in [9.17, 15) is 4.79 Å². The Morgan fingerprint density at radius 1 is 1.33 bits per heavy atom. The molecule has 2 N–H and O–H groups in total. The number of hydrogen-bond donors (Lipinski definition) is 1. The second kappa shape index (κ2) is 8.76. The molecule has 0 fully saturated rings. The maximum absolute atomic E-state index is 11.5. The van der Waals surface area contributed by atoms with Gasteiger partial charge in [-0.25, -0.2) is 0 Å². The van der Waals surface area contributed by atoms with Crippen LogP contribution < -0.4 is 5.73 Å². The Balaban J connectivity index is 2.85. The van der Waals surface area contributed by atoms with Crippen molar-refractivity contribution in [2.24, 2.45) is 5.73 Å². The van der Waals surface area contributed by atoms with Crippen LogP contribution in [0.1, 0.15) is 18.6 Å². The number of rotatable bonds is 8. The van der Waals surface area contributed by atoms with Crippen molar-refractivity contribution in [2.45, 2.75) is 19.1 Å². The van der Waals surface area contributed by atoms with Gasteiger partial charge in [0.1, 0.15) is 18.4 Å². The number of allylic oxidation sites excluding steroid dienone is 3. The minimum Gasteiger partial charge on any atom is -0.482 e. The molecule has 0 amide bonds. The van der Waals surface area contributed by atoms with Crippen LogP contribution in [-0.4, -0.2) is 18.6 Å². The largest absolute Gasteiger partial charge is 0.482 e. The second-order valence-corrected chi connectivity index (χ2v) is 4.44. The Labute approximate surface area is 125 Å². The molecule has 0 saturated heterocycles. The quantitative estimate of drug-likeness (QED) is 0.454. The van der Waals surface area contributed by atoms with E-state index in [1.807, 2.05) is 30.3 Å². The summed E-state index contributed by atoms with van der Waals surface area (Å²) < 4.78 is 11.0. The van der Waals surface area contributed by atoms with Gasteiger partial charge in [-0.15, -0.1) is 0 Å². The molecule has 4 heteroatoms. The Morgan fingerprint density at radius 2 is 2.00 bits per heavy atom. The first kappa shape index (κ1) is 16.7. The molecule has 0 saturated carbocycles. The Kier molecular flexibility index (Phi) is 6.98. The highest BCUT2D eigenvalue weighted by atomic mass is 16.6. The molecule has 0 heterocycles. The van der Waals surface area contributed by atoms with Gasteiger partial charge in [0.2, 0.25) is 0 Å². The van der Waals surface area contributed by atoms with Gasteiger partial charge in [-0.1, -0.05) is 49.6 Å². The summed E-state index contributed by atoms with van der Waals surface area (Å²) in [6.45, 7) is 8.95. The number of carbonyl (C=O) groups excluding carboxylic acids is 1. The van der Waals surface area contributed by atoms with E-state index < -0.39 is 18.1 Å². The monoisotopic (exact) mass is 287 g/mol. The predicted octanol–water partition coefficient (Wildman–Crippen LogP) is 2.89. The lowest BCUT2D eigenvalue weighted by molar-refractivity contribution is -0.148. The van der Waals surface area contributed by atoms with Gasteiger partial charge in [0.05, 0.1) is 0 Å². The van der Waals surface area contributed by atoms with Gasteiger partial charge in [0.15, 0.2) is 6.10 Å². The smallest absolute Gasteiger partial charge is 0.322 e. The maximum Gasteiger partial charge on any atom is 0.322 e. The molecular weight excluding hydrogens is 266 g/mol. The summed E-state index contributed by atoms with van der Waals surface area (Å²) in [6.07, 6.45) is 4.44. The molecule has 0 spiro atoms. The van der Waals surface area contributed by atoms with Crippen molar-refractivity contribution in [3.8, 4) is 0 Å². The van der Waals surface area contributed by atoms with Crippen molar-refractivity contribution in [3.05, 3.63) is 73.0 Å². The second-order valence-electron chi connectivity index (χ2n) is 4.44. The lowest BCUT2D eigenvalue weighted by Gasteiger charge is -2.20. The van der Waals surface area contributed by atoms with E-state index >= 15 is 0 Å². The van der Waals surface area contributed by atoms with Gasteiger partial charge >= 0.3 is 5.97 Å². The van der Waals surface area contributed by atoms with E-state index in [-0.39, 0.29) is 6.61 Å². The SMILES string of the molecule is C=C/C=C(\C=C)OC(COC(=O)C(C)N)c1ccccc1. The average molecular weight is 287 g/mol. The fourth-order valence-electron chi connectivity index (χ4n) is 1.59. The summed E-state index contributed by atoms with van der Waals surface area (Å²) in [7, 11) is 0. The number of esters is 1. The first-order valence-electron chi connectivity index (χ1n) is 6.67. The summed E-state index contributed by atoms with van der Waals surface area (Å²) >= 11 is 0. The zero-order chi connectivity index (χ0) is 15.7. The summed E-state index contributed by atoms with van der Waals surface area (Å²) in [5.74, 6) is 0.0862. The van der Waals surface area contributed by atoms with Crippen molar-refractivity contribution in [2.75, 3.05) is 6.61 Å². The Hall–Kier alpha value is -2.33. The fourth-order valence-corrected chi connectivity index (χ4v) is 1.59. The minimum absolute atomic E-state index is 0.0761. The van der Waals surface area contributed by atoms with Crippen molar-refractivity contribution in [1.29, 1.82) is 0 Å². The highest BCUT2D eigenvalue weighted by Crippen LogP contribution is 2.21. The van der Waals surface area contributed by atoms with Crippen molar-refractivity contribution in [3.63, 3.8) is 0 Å². The number of benzene rings is 1. The van der Waals surface area contributed by atoms with E-state index in [0.29, 0.717) is 5.76 Å². The van der Waals surface area contributed by atoms with Crippen LogP contribution in [0.5, 0.6) is 0 Å². The molecule has 0 aliphatic carbocycles. The molecule has 1 rings (SSSR count). The average Bonchev–Trinajstić information content (AvgIpc) is 2.50. The van der Waals surface area contributed by atoms with Crippen molar-refractivity contribution in [1.82, 2.24) is 0 Å². The molecule has 2 atom stereocenters. The summed E-state index contributed by atoms with van der Waals surface area (Å²) in [4.78, 5) is 11.5. The fraction of sp³-hybridized carbons (Fsp3) is 0.235. The molecule has 2 unspecified atom stereocenters. The molecule has 0 bridgehead atoms. The third kappa shape index (κ3) is 5.67. The summed E-state index contributed by atoms with van der Waals surface area (Å²) in [5, 5.41) is 0. The molecule has 1 aromatic rings. The van der Waals surface area contributed by atoms with Crippen LogP contribution in [0.15, 0.2) is 67.5 Å². The molecule has 0 aromatic heterocycles. The van der Waals surface area contributed by atoms with Crippen LogP contribution >= 0.6 is 0 Å². The third-order valence-corrected chi connectivity index (χ3v) is 2.68. The lowest BCUT2D eigenvalue weighted by atomic mass is 10.1. The lowest BCUT2D eigenvalue weighted by Crippen LogP contribution is -2.30. The van der Waals surface area contributed by atoms with E-state index in [4.69, 9.17) is 15.2 Å². The van der Waals surface area contributed by atoms with Crippen LogP contribution in [-0.2, 0) is 14.3 Å².